The zero-order valence-corrected chi connectivity index (χ0v) is 13.3. The maximum Gasteiger partial charge on any atom is 0.264 e. The molecule has 1 N–H and O–H groups in total. The molecule has 5 heteroatoms. The molecule has 1 fully saturated rings. The number of likely N-dealkylation sites (tertiary alicyclic amines) is 1. The number of hydrogen-bond acceptors (Lipinski definition) is 4. The van der Waals surface area contributed by atoms with E-state index in [9.17, 15) is 9.90 Å². The Morgan fingerprint density at radius 3 is 2.75 bits per heavy atom. The summed E-state index contributed by atoms with van der Waals surface area (Å²) in [5.74, 6) is 0.694. The van der Waals surface area contributed by atoms with Gasteiger partial charge >= 0.3 is 0 Å². The molecule has 0 spiro atoms. The smallest absolute Gasteiger partial charge is 0.264 e. The van der Waals surface area contributed by atoms with Crippen molar-refractivity contribution in [2.75, 3.05) is 39.8 Å². The fourth-order valence-electron chi connectivity index (χ4n) is 2.78. The highest BCUT2D eigenvalue weighted by molar-refractivity contribution is 7.12. The van der Waals surface area contributed by atoms with Crippen molar-refractivity contribution in [3.05, 3.63) is 21.9 Å². The van der Waals surface area contributed by atoms with E-state index in [4.69, 9.17) is 0 Å². The van der Waals surface area contributed by atoms with E-state index in [1.807, 2.05) is 23.3 Å². The van der Waals surface area contributed by atoms with E-state index in [0.717, 1.165) is 30.1 Å². The molecule has 2 rings (SSSR count). The van der Waals surface area contributed by atoms with Crippen molar-refractivity contribution in [2.45, 2.75) is 13.8 Å². The van der Waals surface area contributed by atoms with E-state index in [2.05, 4.69) is 18.9 Å². The molecule has 112 valence electrons. The third kappa shape index (κ3) is 3.22. The Labute approximate surface area is 125 Å². The first-order valence-corrected chi connectivity index (χ1v) is 8.07. The number of amides is 1. The molecule has 1 aliphatic heterocycles. The summed E-state index contributed by atoms with van der Waals surface area (Å²) in [6, 6.07) is 1.99. The van der Waals surface area contributed by atoms with Crippen molar-refractivity contribution in [1.29, 1.82) is 0 Å². The van der Waals surface area contributed by atoms with Gasteiger partial charge in [0.2, 0.25) is 0 Å². The molecule has 2 heterocycles. The van der Waals surface area contributed by atoms with Crippen LogP contribution in [-0.4, -0.2) is 60.6 Å². The van der Waals surface area contributed by atoms with E-state index >= 15 is 0 Å². The quantitative estimate of drug-likeness (QED) is 0.899. The van der Waals surface area contributed by atoms with Gasteiger partial charge in [-0.3, -0.25) is 4.79 Å². The predicted octanol–water partition coefficient (Wildman–Crippen LogP) is 1.69. The number of aliphatic hydroxyl groups is 1. The Balaban J connectivity index is 2.05. The monoisotopic (exact) mass is 296 g/mol. The Bertz CT molecular complexity index is 460. The number of rotatable bonds is 5. The van der Waals surface area contributed by atoms with E-state index in [1.54, 1.807) is 0 Å². The van der Waals surface area contributed by atoms with Gasteiger partial charge in [-0.2, -0.15) is 0 Å². The van der Waals surface area contributed by atoms with Crippen molar-refractivity contribution >= 4 is 17.2 Å². The van der Waals surface area contributed by atoms with Gasteiger partial charge in [0.05, 0.1) is 4.88 Å². The number of hydrogen-bond donors (Lipinski definition) is 1. The maximum absolute atomic E-state index is 12.5. The summed E-state index contributed by atoms with van der Waals surface area (Å²) in [5.41, 5.74) is 1.05. The van der Waals surface area contributed by atoms with Gasteiger partial charge in [-0.05, 0) is 43.4 Å². The van der Waals surface area contributed by atoms with Gasteiger partial charge in [-0.15, -0.1) is 11.3 Å². The zero-order valence-electron chi connectivity index (χ0n) is 12.5. The summed E-state index contributed by atoms with van der Waals surface area (Å²) < 4.78 is 0. The van der Waals surface area contributed by atoms with Gasteiger partial charge in [0.1, 0.15) is 0 Å². The standard InChI is InChI=1S/C15H24N2O2S/c1-4-16(3)7-12-8-17(9-13(12)10-18)15(19)14-11(2)5-6-20-14/h5-6,12-13,18H,4,7-10H2,1-3H3/t12-,13-/m1/s1. The minimum absolute atomic E-state index is 0.123. The molecule has 0 aliphatic carbocycles. The van der Waals surface area contributed by atoms with Crippen LogP contribution in [0.15, 0.2) is 11.4 Å². The fraction of sp³-hybridized carbons (Fsp3) is 0.667. The van der Waals surface area contributed by atoms with E-state index in [1.165, 1.54) is 11.3 Å². The summed E-state index contributed by atoms with van der Waals surface area (Å²) >= 11 is 1.51. The molecule has 0 bridgehead atoms. The van der Waals surface area contributed by atoms with Crippen LogP contribution in [0.1, 0.15) is 22.2 Å². The van der Waals surface area contributed by atoms with Gasteiger partial charge in [0.15, 0.2) is 0 Å². The third-order valence-electron chi connectivity index (χ3n) is 4.24. The lowest BCUT2D eigenvalue weighted by molar-refractivity contribution is 0.0783. The van der Waals surface area contributed by atoms with Crippen LogP contribution in [0.3, 0.4) is 0 Å². The predicted molar refractivity (Wildman–Crippen MR) is 82.2 cm³/mol. The molecule has 0 aromatic carbocycles. The number of carbonyl (C=O) groups excluding carboxylic acids is 1. The maximum atomic E-state index is 12.5. The van der Waals surface area contributed by atoms with Crippen LogP contribution in [0.25, 0.3) is 0 Å². The van der Waals surface area contributed by atoms with Gasteiger partial charge in [-0.1, -0.05) is 6.92 Å². The minimum Gasteiger partial charge on any atom is -0.396 e. The molecule has 1 aromatic rings. The molecule has 1 aromatic heterocycles. The summed E-state index contributed by atoms with van der Waals surface area (Å²) in [6.45, 7) is 7.63. The normalized spacial score (nSPS) is 22.8. The van der Waals surface area contributed by atoms with Crippen molar-refractivity contribution in [2.24, 2.45) is 11.8 Å². The molecular formula is C15H24N2O2S. The minimum atomic E-state index is 0.123. The van der Waals surface area contributed by atoms with Gasteiger partial charge in [0, 0.05) is 32.2 Å². The van der Waals surface area contributed by atoms with Gasteiger partial charge in [0.25, 0.3) is 5.91 Å². The van der Waals surface area contributed by atoms with Gasteiger partial charge < -0.3 is 14.9 Å². The van der Waals surface area contributed by atoms with Crippen LogP contribution in [0.2, 0.25) is 0 Å². The van der Waals surface area contributed by atoms with E-state index < -0.39 is 0 Å². The molecule has 1 saturated heterocycles. The van der Waals surface area contributed by atoms with Crippen LogP contribution in [-0.2, 0) is 0 Å². The SMILES string of the molecule is CCN(C)C[C@@H]1CN(C(=O)c2sccc2C)C[C@@H]1CO. The summed E-state index contributed by atoms with van der Waals surface area (Å²) in [7, 11) is 2.09. The average molecular weight is 296 g/mol. The molecule has 0 unspecified atom stereocenters. The third-order valence-corrected chi connectivity index (χ3v) is 5.24. The number of nitrogens with zero attached hydrogens (tertiary/aromatic N) is 2. The summed E-state index contributed by atoms with van der Waals surface area (Å²) in [4.78, 5) is 17.5. The topological polar surface area (TPSA) is 43.8 Å². The highest BCUT2D eigenvalue weighted by Gasteiger charge is 2.36. The highest BCUT2D eigenvalue weighted by atomic mass is 32.1. The Hall–Kier alpha value is -0.910. The highest BCUT2D eigenvalue weighted by Crippen LogP contribution is 2.27. The lowest BCUT2D eigenvalue weighted by Crippen LogP contribution is -2.32. The zero-order chi connectivity index (χ0) is 14.7. The number of carbonyl (C=O) groups is 1. The van der Waals surface area contributed by atoms with Crippen molar-refractivity contribution in [3.63, 3.8) is 0 Å². The molecular weight excluding hydrogens is 272 g/mol. The molecule has 0 radical (unpaired) electrons. The van der Waals surface area contributed by atoms with Crippen LogP contribution in [0, 0.1) is 18.8 Å². The Morgan fingerprint density at radius 1 is 1.50 bits per heavy atom. The number of aliphatic hydroxyl groups excluding tert-OH is 1. The summed E-state index contributed by atoms with van der Waals surface area (Å²) in [5, 5.41) is 11.5. The van der Waals surface area contributed by atoms with Crippen LogP contribution < -0.4 is 0 Å². The van der Waals surface area contributed by atoms with Crippen LogP contribution >= 0.6 is 11.3 Å². The fourth-order valence-corrected chi connectivity index (χ4v) is 3.68. The molecule has 1 amide bonds. The largest absolute Gasteiger partial charge is 0.396 e. The van der Waals surface area contributed by atoms with E-state index in [-0.39, 0.29) is 18.4 Å². The second-order valence-electron chi connectivity index (χ2n) is 5.70. The Kier molecular flexibility index (Phi) is 5.18. The van der Waals surface area contributed by atoms with Gasteiger partial charge in [-0.25, -0.2) is 0 Å². The molecule has 20 heavy (non-hydrogen) atoms. The Morgan fingerprint density at radius 2 is 2.20 bits per heavy atom. The first kappa shape index (κ1) is 15.5. The molecule has 1 aliphatic rings. The second-order valence-corrected chi connectivity index (χ2v) is 6.62. The van der Waals surface area contributed by atoms with Crippen LogP contribution in [0.5, 0.6) is 0 Å². The van der Waals surface area contributed by atoms with Crippen molar-refractivity contribution < 1.29 is 9.90 Å². The van der Waals surface area contributed by atoms with Crippen molar-refractivity contribution in [1.82, 2.24) is 9.80 Å². The second kappa shape index (κ2) is 6.70. The number of aryl methyl sites for hydroxylation is 1. The average Bonchev–Trinajstić information content (AvgIpc) is 3.04. The van der Waals surface area contributed by atoms with E-state index in [0.29, 0.717) is 12.5 Å². The first-order valence-electron chi connectivity index (χ1n) is 7.19. The lowest BCUT2D eigenvalue weighted by Gasteiger charge is -2.22. The number of thiophene rings is 1. The summed E-state index contributed by atoms with van der Waals surface area (Å²) in [6.07, 6.45) is 0. The molecule has 4 nitrogen and oxygen atoms in total. The van der Waals surface area contributed by atoms with Crippen LogP contribution in [0.4, 0.5) is 0 Å². The molecule has 0 saturated carbocycles. The first-order chi connectivity index (χ1) is 9.56. The lowest BCUT2D eigenvalue weighted by atomic mass is 9.96. The molecule has 2 atom stereocenters. The van der Waals surface area contributed by atoms with Crippen molar-refractivity contribution in [3.8, 4) is 0 Å².